The van der Waals surface area contributed by atoms with E-state index < -0.39 is 11.7 Å². The van der Waals surface area contributed by atoms with Gasteiger partial charge in [0.2, 0.25) is 0 Å². The molecule has 0 aliphatic heterocycles. The molecule has 18 heavy (non-hydrogen) atoms. The van der Waals surface area contributed by atoms with Gasteiger partial charge in [-0.25, -0.2) is 0 Å². The van der Waals surface area contributed by atoms with Crippen LogP contribution in [0.1, 0.15) is 15.9 Å². The van der Waals surface area contributed by atoms with E-state index in [9.17, 15) is 18.0 Å². The summed E-state index contributed by atoms with van der Waals surface area (Å²) in [5.74, 6) is 0.0380. The van der Waals surface area contributed by atoms with Gasteiger partial charge in [-0.15, -0.1) is 0 Å². The van der Waals surface area contributed by atoms with E-state index in [4.69, 9.17) is 4.74 Å². The van der Waals surface area contributed by atoms with Crippen molar-refractivity contribution in [2.24, 2.45) is 0 Å². The lowest BCUT2D eigenvalue weighted by Gasteiger charge is -2.11. The molecule has 0 radical (unpaired) electrons. The first-order valence-electron chi connectivity index (χ1n) is 4.96. The van der Waals surface area contributed by atoms with Gasteiger partial charge in [-0.05, 0) is 18.2 Å². The second-order valence-electron chi connectivity index (χ2n) is 3.63. The van der Waals surface area contributed by atoms with Gasteiger partial charge in [0.25, 0.3) is 0 Å². The number of nitrogens with zero attached hydrogens (tertiary/aromatic N) is 1. The van der Waals surface area contributed by atoms with Crippen LogP contribution in [-0.4, -0.2) is 18.4 Å². The Kier molecular flexibility index (Phi) is 2.94. The van der Waals surface area contributed by atoms with Gasteiger partial charge in [-0.1, -0.05) is 0 Å². The van der Waals surface area contributed by atoms with Gasteiger partial charge < -0.3 is 4.74 Å². The summed E-state index contributed by atoms with van der Waals surface area (Å²) >= 11 is 0. The lowest BCUT2D eigenvalue weighted by Crippen LogP contribution is -2.05. The van der Waals surface area contributed by atoms with Crippen LogP contribution in [0.3, 0.4) is 0 Å². The smallest absolute Gasteiger partial charge is 0.416 e. The zero-order valence-corrected chi connectivity index (χ0v) is 9.28. The Morgan fingerprint density at radius 3 is 2.56 bits per heavy atom. The van der Waals surface area contributed by atoms with Gasteiger partial charge in [-0.3, -0.25) is 9.78 Å². The van der Waals surface area contributed by atoms with E-state index in [1.807, 2.05) is 0 Å². The Labute approximate surface area is 100 Å². The molecular weight excluding hydrogens is 247 g/mol. The van der Waals surface area contributed by atoms with Crippen molar-refractivity contribution < 1.29 is 22.7 Å². The number of alkyl halides is 3. The lowest BCUT2D eigenvalue weighted by atomic mass is 10.1. The SMILES string of the molecule is COc1cc(C(F)(F)F)cc2ncc(C=O)cc12. The quantitative estimate of drug-likeness (QED) is 0.774. The number of halogens is 3. The van der Waals surface area contributed by atoms with Crippen LogP contribution >= 0.6 is 0 Å². The number of ether oxygens (including phenoxy) is 1. The fraction of sp³-hybridized carbons (Fsp3) is 0.167. The highest BCUT2D eigenvalue weighted by Gasteiger charge is 2.31. The van der Waals surface area contributed by atoms with Crippen LogP contribution in [0.25, 0.3) is 10.9 Å². The topological polar surface area (TPSA) is 39.2 Å². The molecule has 2 aromatic rings. The molecule has 2 rings (SSSR count). The van der Waals surface area contributed by atoms with E-state index in [1.54, 1.807) is 0 Å². The Bertz CT molecular complexity index is 608. The number of hydrogen-bond donors (Lipinski definition) is 0. The maximum atomic E-state index is 12.6. The summed E-state index contributed by atoms with van der Waals surface area (Å²) in [4.78, 5) is 14.4. The largest absolute Gasteiger partial charge is 0.496 e. The molecule has 94 valence electrons. The fourth-order valence-electron chi connectivity index (χ4n) is 1.61. The number of methoxy groups -OCH3 is 1. The third kappa shape index (κ3) is 2.13. The Morgan fingerprint density at radius 1 is 1.28 bits per heavy atom. The van der Waals surface area contributed by atoms with Crippen LogP contribution in [0, 0.1) is 0 Å². The van der Waals surface area contributed by atoms with Crippen LogP contribution in [0.15, 0.2) is 24.4 Å². The van der Waals surface area contributed by atoms with E-state index in [2.05, 4.69) is 4.98 Å². The Morgan fingerprint density at radius 2 is 2.00 bits per heavy atom. The van der Waals surface area contributed by atoms with Crippen LogP contribution < -0.4 is 4.74 Å². The summed E-state index contributed by atoms with van der Waals surface area (Å²) < 4.78 is 42.8. The van der Waals surface area contributed by atoms with Crippen molar-refractivity contribution in [2.75, 3.05) is 7.11 Å². The molecule has 6 heteroatoms. The molecule has 1 aromatic carbocycles. The first-order valence-corrected chi connectivity index (χ1v) is 4.96. The highest BCUT2D eigenvalue weighted by atomic mass is 19.4. The molecule has 0 saturated carbocycles. The molecule has 0 amide bonds. The first-order chi connectivity index (χ1) is 8.45. The Balaban J connectivity index is 2.74. The number of benzene rings is 1. The average Bonchev–Trinajstić information content (AvgIpc) is 2.35. The van der Waals surface area contributed by atoms with Crippen LogP contribution in [0.2, 0.25) is 0 Å². The normalized spacial score (nSPS) is 11.6. The van der Waals surface area contributed by atoms with E-state index >= 15 is 0 Å². The number of aromatic nitrogens is 1. The van der Waals surface area contributed by atoms with Crippen LogP contribution in [0.4, 0.5) is 13.2 Å². The minimum atomic E-state index is -4.47. The highest BCUT2D eigenvalue weighted by molar-refractivity contribution is 5.90. The van der Waals surface area contributed by atoms with Gasteiger partial charge in [0.15, 0.2) is 6.29 Å². The predicted molar refractivity (Wildman–Crippen MR) is 58.7 cm³/mol. The number of hydrogen-bond acceptors (Lipinski definition) is 3. The fourth-order valence-corrected chi connectivity index (χ4v) is 1.61. The molecule has 0 aliphatic carbocycles. The maximum Gasteiger partial charge on any atom is 0.416 e. The maximum absolute atomic E-state index is 12.6. The molecule has 0 aliphatic rings. The molecule has 0 saturated heterocycles. The van der Waals surface area contributed by atoms with Crippen molar-refractivity contribution in [1.82, 2.24) is 4.98 Å². The minimum Gasteiger partial charge on any atom is -0.496 e. The van der Waals surface area contributed by atoms with E-state index in [0.717, 1.165) is 12.1 Å². The van der Waals surface area contributed by atoms with Crippen molar-refractivity contribution in [2.45, 2.75) is 6.18 Å². The zero-order valence-electron chi connectivity index (χ0n) is 9.28. The number of carbonyl (C=O) groups excluding carboxylic acids is 1. The molecular formula is C12H8F3NO2. The van der Waals surface area contributed by atoms with Gasteiger partial charge in [-0.2, -0.15) is 13.2 Å². The van der Waals surface area contributed by atoms with Gasteiger partial charge in [0.05, 0.1) is 18.2 Å². The second kappa shape index (κ2) is 4.29. The summed E-state index contributed by atoms with van der Waals surface area (Å²) in [6.07, 6.45) is -2.68. The lowest BCUT2D eigenvalue weighted by molar-refractivity contribution is -0.137. The van der Waals surface area contributed by atoms with Crippen LogP contribution in [0.5, 0.6) is 5.75 Å². The van der Waals surface area contributed by atoms with Gasteiger partial charge in [0, 0.05) is 17.1 Å². The summed E-state index contributed by atoms with van der Waals surface area (Å²) in [5.41, 5.74) is -0.425. The summed E-state index contributed by atoms with van der Waals surface area (Å²) in [6, 6.07) is 3.25. The zero-order chi connectivity index (χ0) is 13.3. The number of pyridine rings is 1. The van der Waals surface area contributed by atoms with Crippen molar-refractivity contribution in [1.29, 1.82) is 0 Å². The third-order valence-corrected chi connectivity index (χ3v) is 2.47. The average molecular weight is 255 g/mol. The van der Waals surface area contributed by atoms with Crippen molar-refractivity contribution >= 4 is 17.2 Å². The molecule has 1 heterocycles. The van der Waals surface area contributed by atoms with Crippen LogP contribution in [-0.2, 0) is 6.18 Å². The minimum absolute atomic E-state index is 0.0380. The monoisotopic (exact) mass is 255 g/mol. The third-order valence-electron chi connectivity index (χ3n) is 2.47. The highest BCUT2D eigenvalue weighted by Crippen LogP contribution is 2.35. The Hall–Kier alpha value is -2.11. The van der Waals surface area contributed by atoms with Crippen molar-refractivity contribution in [3.8, 4) is 5.75 Å². The summed E-state index contributed by atoms with van der Waals surface area (Å²) in [5, 5.41) is 0.370. The molecule has 0 unspecified atom stereocenters. The molecule has 0 atom stereocenters. The van der Waals surface area contributed by atoms with Gasteiger partial charge >= 0.3 is 6.18 Å². The number of aldehydes is 1. The molecule has 0 bridgehead atoms. The summed E-state index contributed by atoms with van der Waals surface area (Å²) in [6.45, 7) is 0. The standard InChI is InChI=1S/C12H8F3NO2/c1-18-11-4-8(12(13,14)15)3-10-9(11)2-7(6-17)5-16-10/h2-6H,1H3. The predicted octanol–water partition coefficient (Wildman–Crippen LogP) is 3.07. The van der Waals surface area contributed by atoms with Gasteiger partial charge in [0.1, 0.15) is 5.75 Å². The molecule has 3 nitrogen and oxygen atoms in total. The number of fused-ring (bicyclic) bond motifs is 1. The second-order valence-corrected chi connectivity index (χ2v) is 3.63. The molecule has 0 spiro atoms. The van der Waals surface area contributed by atoms with Crippen molar-refractivity contribution in [3.63, 3.8) is 0 Å². The first kappa shape index (κ1) is 12.3. The molecule has 0 fully saturated rings. The molecule has 0 N–H and O–H groups in total. The number of carbonyl (C=O) groups is 1. The van der Waals surface area contributed by atoms with E-state index in [0.29, 0.717) is 11.7 Å². The van der Waals surface area contributed by atoms with E-state index in [1.165, 1.54) is 19.4 Å². The summed E-state index contributed by atoms with van der Waals surface area (Å²) in [7, 11) is 1.27. The van der Waals surface area contributed by atoms with E-state index in [-0.39, 0.29) is 16.8 Å². The van der Waals surface area contributed by atoms with Crippen molar-refractivity contribution in [3.05, 3.63) is 35.5 Å². The molecule has 1 aromatic heterocycles. The number of rotatable bonds is 2.